The lowest BCUT2D eigenvalue weighted by molar-refractivity contribution is -0.157. The van der Waals surface area contributed by atoms with Crippen molar-refractivity contribution in [3.8, 4) is 0 Å². The van der Waals surface area contributed by atoms with Gasteiger partial charge in [-0.3, -0.25) is 4.79 Å². The summed E-state index contributed by atoms with van der Waals surface area (Å²) in [6.45, 7) is 5.31. The second-order valence-corrected chi connectivity index (χ2v) is 5.32. The van der Waals surface area contributed by atoms with Crippen LogP contribution in [0.5, 0.6) is 0 Å². The molecule has 0 aromatic carbocycles. The predicted molar refractivity (Wildman–Crippen MR) is 73.5 cm³/mol. The Morgan fingerprint density at radius 1 is 1.44 bits per heavy atom. The van der Waals surface area contributed by atoms with E-state index in [-0.39, 0.29) is 11.3 Å². The highest BCUT2D eigenvalue weighted by atomic mass is 16.5. The Kier molecular flexibility index (Phi) is 5.60. The zero-order chi connectivity index (χ0) is 13.8. The van der Waals surface area contributed by atoms with Crippen LogP contribution < -0.4 is 5.32 Å². The highest BCUT2D eigenvalue weighted by Crippen LogP contribution is 2.50. The molecule has 1 aliphatic rings. The molecule has 1 fully saturated rings. The molecule has 4 nitrogen and oxygen atoms in total. The maximum atomic E-state index is 11.3. The number of ether oxygens (including phenoxy) is 1. The Balaban J connectivity index is 2.58. The molecule has 1 amide bonds. The van der Waals surface area contributed by atoms with Crippen molar-refractivity contribution in [2.24, 2.45) is 5.41 Å². The largest absolute Gasteiger partial charge is 0.381 e. The summed E-state index contributed by atoms with van der Waals surface area (Å²) in [7, 11) is 5.63. The molecule has 0 radical (unpaired) electrons. The van der Waals surface area contributed by atoms with Crippen molar-refractivity contribution >= 4 is 5.91 Å². The first-order valence-corrected chi connectivity index (χ1v) is 6.99. The zero-order valence-corrected chi connectivity index (χ0v) is 12.5. The Morgan fingerprint density at radius 3 is 2.50 bits per heavy atom. The van der Waals surface area contributed by atoms with Gasteiger partial charge in [0.05, 0.1) is 6.10 Å². The van der Waals surface area contributed by atoms with Crippen molar-refractivity contribution < 1.29 is 9.53 Å². The van der Waals surface area contributed by atoms with E-state index in [2.05, 4.69) is 31.1 Å². The molecular weight excluding hydrogens is 228 g/mol. The van der Waals surface area contributed by atoms with Gasteiger partial charge in [-0.25, -0.2) is 0 Å². The first kappa shape index (κ1) is 15.4. The van der Waals surface area contributed by atoms with Crippen LogP contribution in [0.25, 0.3) is 0 Å². The highest BCUT2D eigenvalue weighted by Gasteiger charge is 2.54. The number of carbonyl (C=O) groups excluding carboxylic acids is 1. The van der Waals surface area contributed by atoms with Crippen LogP contribution in [0.15, 0.2) is 0 Å². The average molecular weight is 256 g/mol. The zero-order valence-electron chi connectivity index (χ0n) is 12.5. The fraction of sp³-hybridized carbons (Fsp3) is 0.929. The Morgan fingerprint density at radius 2 is 2.06 bits per heavy atom. The number of carbonyl (C=O) groups is 1. The smallest absolute Gasteiger partial charge is 0.221 e. The van der Waals surface area contributed by atoms with E-state index in [1.54, 1.807) is 7.05 Å². The molecule has 1 N–H and O–H groups in total. The maximum Gasteiger partial charge on any atom is 0.221 e. The first-order valence-electron chi connectivity index (χ1n) is 6.99. The number of rotatable bonds is 7. The minimum atomic E-state index is 0.114. The van der Waals surface area contributed by atoms with Crippen LogP contribution in [0.3, 0.4) is 0 Å². The topological polar surface area (TPSA) is 41.6 Å². The van der Waals surface area contributed by atoms with Gasteiger partial charge in [0.2, 0.25) is 5.91 Å². The summed E-state index contributed by atoms with van der Waals surface area (Å²) in [4.78, 5) is 13.6. The Hall–Kier alpha value is -0.610. The molecule has 0 bridgehead atoms. The summed E-state index contributed by atoms with van der Waals surface area (Å²) in [5.74, 6) is 0.114. The maximum absolute atomic E-state index is 11.3. The number of hydrogen-bond acceptors (Lipinski definition) is 3. The van der Waals surface area contributed by atoms with Gasteiger partial charge in [-0.1, -0.05) is 13.8 Å². The predicted octanol–water partition coefficient (Wildman–Crippen LogP) is 1.65. The van der Waals surface area contributed by atoms with Crippen molar-refractivity contribution in [1.29, 1.82) is 0 Å². The number of nitrogens with one attached hydrogen (secondary N) is 1. The van der Waals surface area contributed by atoms with E-state index in [0.717, 1.165) is 25.8 Å². The number of methoxy groups -OCH3 is 1. The third kappa shape index (κ3) is 2.69. The fourth-order valence-corrected chi connectivity index (χ4v) is 3.41. The van der Waals surface area contributed by atoms with Crippen LogP contribution in [0.4, 0.5) is 0 Å². The Labute approximate surface area is 111 Å². The van der Waals surface area contributed by atoms with Crippen molar-refractivity contribution in [3.05, 3.63) is 0 Å². The molecule has 0 aliphatic heterocycles. The summed E-state index contributed by atoms with van der Waals surface area (Å²) in [6.07, 6.45) is 4.31. The van der Waals surface area contributed by atoms with Crippen LogP contribution in [-0.4, -0.2) is 50.7 Å². The van der Waals surface area contributed by atoms with Gasteiger partial charge in [-0.2, -0.15) is 0 Å². The summed E-state index contributed by atoms with van der Waals surface area (Å²) < 4.78 is 5.61. The van der Waals surface area contributed by atoms with Crippen molar-refractivity contribution in [1.82, 2.24) is 10.2 Å². The summed E-state index contributed by atoms with van der Waals surface area (Å²) >= 11 is 0. The van der Waals surface area contributed by atoms with Crippen LogP contribution in [0.2, 0.25) is 0 Å². The van der Waals surface area contributed by atoms with Gasteiger partial charge >= 0.3 is 0 Å². The minimum Gasteiger partial charge on any atom is -0.381 e. The molecule has 4 heteroatoms. The quantitative estimate of drug-likeness (QED) is 0.753. The third-order valence-corrected chi connectivity index (χ3v) is 4.85. The van der Waals surface area contributed by atoms with Gasteiger partial charge in [-0.15, -0.1) is 0 Å². The van der Waals surface area contributed by atoms with Crippen molar-refractivity contribution in [2.45, 2.75) is 51.7 Å². The van der Waals surface area contributed by atoms with Crippen molar-refractivity contribution in [3.63, 3.8) is 0 Å². The van der Waals surface area contributed by atoms with E-state index in [9.17, 15) is 4.79 Å². The standard InChI is InChI=1S/C14H28N2O2/c1-6-14(7-2)11(10-12(14)18-5)16(4)9-8-13(17)15-3/h11-12H,6-10H2,1-5H3,(H,15,17). The molecule has 2 unspecified atom stereocenters. The Bertz CT molecular complexity index is 277. The normalized spacial score (nSPS) is 25.9. The lowest BCUT2D eigenvalue weighted by Gasteiger charge is -2.58. The van der Waals surface area contributed by atoms with E-state index in [1.807, 2.05) is 7.11 Å². The van der Waals surface area contributed by atoms with Crippen LogP contribution in [0.1, 0.15) is 39.5 Å². The van der Waals surface area contributed by atoms with Crippen LogP contribution >= 0.6 is 0 Å². The average Bonchev–Trinajstić information content (AvgIpc) is 2.37. The molecule has 1 saturated carbocycles. The minimum absolute atomic E-state index is 0.114. The first-order chi connectivity index (χ1) is 8.55. The van der Waals surface area contributed by atoms with Gasteiger partial charge < -0.3 is 15.0 Å². The molecule has 0 saturated heterocycles. The van der Waals surface area contributed by atoms with E-state index in [1.165, 1.54) is 0 Å². The second-order valence-electron chi connectivity index (χ2n) is 5.32. The van der Waals surface area contributed by atoms with Gasteiger partial charge in [-0.05, 0) is 26.3 Å². The molecule has 106 valence electrons. The van der Waals surface area contributed by atoms with Gasteiger partial charge in [0, 0.05) is 38.6 Å². The summed E-state index contributed by atoms with van der Waals surface area (Å²) in [6, 6.07) is 0.544. The lowest BCUT2D eigenvalue weighted by atomic mass is 9.58. The molecule has 18 heavy (non-hydrogen) atoms. The van der Waals surface area contributed by atoms with E-state index in [0.29, 0.717) is 18.6 Å². The SMILES string of the molecule is CCC1(CC)C(OC)CC1N(C)CCC(=O)NC. The van der Waals surface area contributed by atoms with Crippen LogP contribution in [0, 0.1) is 5.41 Å². The molecule has 2 atom stereocenters. The number of hydrogen-bond donors (Lipinski definition) is 1. The molecular formula is C14H28N2O2. The van der Waals surface area contributed by atoms with E-state index < -0.39 is 0 Å². The van der Waals surface area contributed by atoms with Gasteiger partial charge in [0.1, 0.15) is 0 Å². The number of amides is 1. The molecule has 1 aliphatic carbocycles. The monoisotopic (exact) mass is 256 g/mol. The fourth-order valence-electron chi connectivity index (χ4n) is 3.41. The molecule has 1 rings (SSSR count). The van der Waals surface area contributed by atoms with E-state index in [4.69, 9.17) is 4.74 Å². The van der Waals surface area contributed by atoms with Gasteiger partial charge in [0.25, 0.3) is 0 Å². The third-order valence-electron chi connectivity index (χ3n) is 4.85. The number of nitrogens with zero attached hydrogens (tertiary/aromatic N) is 1. The highest BCUT2D eigenvalue weighted by molar-refractivity contribution is 5.75. The van der Waals surface area contributed by atoms with Crippen molar-refractivity contribution in [2.75, 3.05) is 27.7 Å². The van der Waals surface area contributed by atoms with Gasteiger partial charge in [0.15, 0.2) is 0 Å². The van der Waals surface area contributed by atoms with E-state index >= 15 is 0 Å². The molecule has 0 heterocycles. The molecule has 0 spiro atoms. The molecule has 0 aromatic rings. The summed E-state index contributed by atoms with van der Waals surface area (Å²) in [5.41, 5.74) is 0.270. The lowest BCUT2D eigenvalue weighted by Crippen LogP contribution is -2.63. The second kappa shape index (κ2) is 6.53. The summed E-state index contributed by atoms with van der Waals surface area (Å²) in [5, 5.41) is 2.67. The van der Waals surface area contributed by atoms with Crippen LogP contribution in [-0.2, 0) is 9.53 Å². The molecule has 0 aromatic heterocycles.